The van der Waals surface area contributed by atoms with Gasteiger partial charge in [-0.15, -0.1) is 0 Å². The minimum atomic E-state index is -0.406. The van der Waals surface area contributed by atoms with Crippen molar-refractivity contribution < 1.29 is 9.59 Å². The van der Waals surface area contributed by atoms with Gasteiger partial charge in [-0.05, 0) is 40.5 Å². The Bertz CT molecular complexity index is 1030. The first-order valence-electron chi connectivity index (χ1n) is 7.50. The Morgan fingerprint density at radius 1 is 0.958 bits per heavy atom. The number of imide groups is 1. The molecule has 1 aromatic heterocycles. The lowest BCUT2D eigenvalue weighted by molar-refractivity contribution is -0.123. The van der Waals surface area contributed by atoms with Crippen molar-refractivity contribution >= 4 is 44.2 Å². The number of fused-ring (bicyclic) bond motifs is 1. The fourth-order valence-corrected chi connectivity index (χ4v) is 3.52. The molecule has 0 bridgehead atoms. The maximum Gasteiger partial charge on any atom is 0.265 e. The van der Waals surface area contributed by atoms with E-state index < -0.39 is 5.91 Å². The molecule has 0 unspecified atom stereocenters. The molecule has 4 rings (SSSR count). The third kappa shape index (κ3) is 2.20. The van der Waals surface area contributed by atoms with Gasteiger partial charge in [0.1, 0.15) is 0 Å². The van der Waals surface area contributed by atoms with Gasteiger partial charge < -0.3 is 4.98 Å². The monoisotopic (exact) mass is 380 g/mol. The number of nitrogens with one attached hydrogen (secondary N) is 2. The number of rotatable bonds is 2. The van der Waals surface area contributed by atoms with Crippen LogP contribution in [0.4, 0.5) is 0 Å². The molecule has 1 aliphatic rings. The van der Waals surface area contributed by atoms with Gasteiger partial charge in [-0.2, -0.15) is 0 Å². The summed E-state index contributed by atoms with van der Waals surface area (Å²) in [5.74, 6) is -0.789. The molecule has 2 aromatic carbocycles. The quantitative estimate of drug-likeness (QED) is 0.662. The fourth-order valence-electron chi connectivity index (χ4n) is 3.04. The summed E-state index contributed by atoms with van der Waals surface area (Å²) in [5.41, 5.74) is 4.92. The molecule has 2 N–H and O–H groups in total. The van der Waals surface area contributed by atoms with Crippen molar-refractivity contribution in [3.63, 3.8) is 0 Å². The molecule has 2 heterocycles. The topological polar surface area (TPSA) is 62.0 Å². The molecule has 0 spiro atoms. The lowest BCUT2D eigenvalue weighted by atomic mass is 9.97. The molecule has 0 saturated carbocycles. The second-order valence-corrected chi connectivity index (χ2v) is 6.56. The molecule has 1 aliphatic heterocycles. The Morgan fingerprint density at radius 2 is 1.71 bits per heavy atom. The number of H-pyrrole nitrogens is 1. The minimum absolute atomic E-state index is 0.270. The zero-order valence-corrected chi connectivity index (χ0v) is 14.4. The Hall–Kier alpha value is -2.66. The Morgan fingerprint density at radius 3 is 2.38 bits per heavy atom. The summed E-state index contributed by atoms with van der Waals surface area (Å²) < 4.78 is 0.270. The van der Waals surface area contributed by atoms with E-state index in [1.165, 1.54) is 0 Å². The van der Waals surface area contributed by atoms with E-state index in [0.717, 1.165) is 33.3 Å². The van der Waals surface area contributed by atoms with Gasteiger partial charge in [-0.3, -0.25) is 14.9 Å². The lowest BCUT2D eigenvalue weighted by Crippen LogP contribution is -2.22. The highest BCUT2D eigenvalue weighted by atomic mass is 79.9. The van der Waals surface area contributed by atoms with Crippen LogP contribution in [0.2, 0.25) is 0 Å². The van der Waals surface area contributed by atoms with Crippen molar-refractivity contribution in [1.29, 1.82) is 0 Å². The molecule has 118 valence electrons. The van der Waals surface area contributed by atoms with Crippen LogP contribution in [0.25, 0.3) is 27.7 Å². The van der Waals surface area contributed by atoms with E-state index in [4.69, 9.17) is 0 Å². The van der Waals surface area contributed by atoms with Crippen LogP contribution >= 0.6 is 15.9 Å². The molecule has 0 radical (unpaired) electrons. The zero-order valence-electron chi connectivity index (χ0n) is 12.8. The summed E-state index contributed by atoms with van der Waals surface area (Å²) in [5, 5.41) is 3.27. The van der Waals surface area contributed by atoms with Crippen molar-refractivity contribution in [1.82, 2.24) is 10.3 Å². The molecule has 2 amide bonds. The van der Waals surface area contributed by atoms with Gasteiger partial charge in [0.15, 0.2) is 0 Å². The Kier molecular flexibility index (Phi) is 3.39. The molecule has 0 atom stereocenters. The first kappa shape index (κ1) is 14.9. The number of hydrogen-bond acceptors (Lipinski definition) is 2. The fraction of sp³-hybridized carbons (Fsp3) is 0.0526. The second kappa shape index (κ2) is 5.46. The summed E-state index contributed by atoms with van der Waals surface area (Å²) in [6, 6.07) is 15.8. The number of halogens is 1. The van der Waals surface area contributed by atoms with E-state index in [2.05, 4.69) is 26.2 Å². The predicted octanol–water partition coefficient (Wildman–Crippen LogP) is 3.91. The zero-order chi connectivity index (χ0) is 16.8. The SMILES string of the molecule is Cc1ccc2[nH]c(-c3ccccc3)c(C3=C(Br)C(=O)NC3=O)c2c1. The van der Waals surface area contributed by atoms with Crippen LogP contribution in [-0.2, 0) is 9.59 Å². The van der Waals surface area contributed by atoms with E-state index in [1.54, 1.807) is 0 Å². The number of amides is 2. The summed E-state index contributed by atoms with van der Waals surface area (Å²) in [6.07, 6.45) is 0. The third-order valence-corrected chi connectivity index (χ3v) is 4.90. The van der Waals surface area contributed by atoms with Crippen LogP contribution in [0.15, 0.2) is 53.0 Å². The second-order valence-electron chi connectivity index (χ2n) is 5.76. The first-order valence-corrected chi connectivity index (χ1v) is 8.29. The van der Waals surface area contributed by atoms with E-state index in [0.29, 0.717) is 5.57 Å². The molecule has 0 fully saturated rings. The number of aromatic nitrogens is 1. The third-order valence-electron chi connectivity index (χ3n) is 4.14. The van der Waals surface area contributed by atoms with Crippen LogP contribution in [0.3, 0.4) is 0 Å². The van der Waals surface area contributed by atoms with Gasteiger partial charge in [0, 0.05) is 16.5 Å². The molecule has 4 nitrogen and oxygen atoms in total. The number of carbonyl (C=O) groups excluding carboxylic acids is 2. The first-order chi connectivity index (χ1) is 11.6. The maximum atomic E-state index is 12.4. The Balaban J connectivity index is 2.11. The summed E-state index contributed by atoms with van der Waals surface area (Å²) in [4.78, 5) is 27.7. The molecule has 5 heteroatoms. The van der Waals surface area contributed by atoms with Gasteiger partial charge in [0.25, 0.3) is 11.8 Å². The molecular weight excluding hydrogens is 368 g/mol. The molecule has 24 heavy (non-hydrogen) atoms. The molecule has 0 saturated heterocycles. The van der Waals surface area contributed by atoms with E-state index in [1.807, 2.05) is 55.5 Å². The summed E-state index contributed by atoms with van der Waals surface area (Å²) in [7, 11) is 0. The van der Waals surface area contributed by atoms with Crippen LogP contribution in [0.5, 0.6) is 0 Å². The van der Waals surface area contributed by atoms with E-state index >= 15 is 0 Å². The highest BCUT2D eigenvalue weighted by molar-refractivity contribution is 9.12. The van der Waals surface area contributed by atoms with E-state index in [9.17, 15) is 9.59 Å². The average Bonchev–Trinajstić information content (AvgIpc) is 3.05. The van der Waals surface area contributed by atoms with Crippen molar-refractivity contribution in [2.45, 2.75) is 6.92 Å². The van der Waals surface area contributed by atoms with Crippen molar-refractivity contribution in [3.05, 3.63) is 64.1 Å². The van der Waals surface area contributed by atoms with Gasteiger partial charge in [-0.1, -0.05) is 42.0 Å². The standard InChI is InChI=1S/C19H13BrN2O2/c1-10-7-8-13-12(9-10)14(15-16(20)19(24)22-18(15)23)17(21-13)11-5-3-2-4-6-11/h2-9,21H,1H3,(H,22,23,24). The van der Waals surface area contributed by atoms with Gasteiger partial charge in [-0.25, -0.2) is 0 Å². The van der Waals surface area contributed by atoms with Crippen LogP contribution in [0, 0.1) is 6.92 Å². The number of hydrogen-bond donors (Lipinski definition) is 2. The van der Waals surface area contributed by atoms with Gasteiger partial charge >= 0.3 is 0 Å². The van der Waals surface area contributed by atoms with E-state index in [-0.39, 0.29) is 10.4 Å². The van der Waals surface area contributed by atoms with Crippen LogP contribution in [0.1, 0.15) is 11.1 Å². The minimum Gasteiger partial charge on any atom is -0.354 e. The number of aryl methyl sites for hydroxylation is 1. The summed E-state index contributed by atoms with van der Waals surface area (Å²) in [6.45, 7) is 2.00. The van der Waals surface area contributed by atoms with Crippen molar-refractivity contribution in [3.8, 4) is 11.3 Å². The number of carbonyl (C=O) groups is 2. The molecule has 3 aromatic rings. The van der Waals surface area contributed by atoms with Crippen molar-refractivity contribution in [2.75, 3.05) is 0 Å². The largest absolute Gasteiger partial charge is 0.354 e. The summed E-state index contributed by atoms with van der Waals surface area (Å²) >= 11 is 3.28. The highest BCUT2D eigenvalue weighted by Gasteiger charge is 2.33. The number of benzene rings is 2. The average molecular weight is 381 g/mol. The number of aromatic amines is 1. The molecular formula is C19H13BrN2O2. The molecule has 0 aliphatic carbocycles. The Labute approximate surface area is 146 Å². The van der Waals surface area contributed by atoms with Crippen LogP contribution < -0.4 is 5.32 Å². The normalized spacial score (nSPS) is 14.6. The van der Waals surface area contributed by atoms with Gasteiger partial charge in [0.2, 0.25) is 0 Å². The lowest BCUT2D eigenvalue weighted by Gasteiger charge is -2.06. The maximum absolute atomic E-state index is 12.4. The predicted molar refractivity (Wildman–Crippen MR) is 97.5 cm³/mol. The van der Waals surface area contributed by atoms with Crippen LogP contribution in [-0.4, -0.2) is 16.8 Å². The van der Waals surface area contributed by atoms with Gasteiger partial charge in [0.05, 0.1) is 15.7 Å². The smallest absolute Gasteiger partial charge is 0.265 e. The highest BCUT2D eigenvalue weighted by Crippen LogP contribution is 2.39. The van der Waals surface area contributed by atoms with Crippen molar-refractivity contribution in [2.24, 2.45) is 0 Å².